The second-order valence-electron chi connectivity index (χ2n) is 6.26. The molecule has 3 aromatic rings. The van der Waals surface area contributed by atoms with Crippen LogP contribution in [0.3, 0.4) is 0 Å². The van der Waals surface area contributed by atoms with E-state index in [1.807, 2.05) is 54.2 Å². The zero-order valence-corrected chi connectivity index (χ0v) is 16.7. The van der Waals surface area contributed by atoms with Crippen LogP contribution in [0.4, 0.5) is 0 Å². The summed E-state index contributed by atoms with van der Waals surface area (Å²) in [7, 11) is 0. The second kappa shape index (κ2) is 8.06. The van der Waals surface area contributed by atoms with Gasteiger partial charge < -0.3 is 5.32 Å². The van der Waals surface area contributed by atoms with Gasteiger partial charge in [0.05, 0.1) is 23.8 Å². The largest absolute Gasteiger partial charge is 0.348 e. The summed E-state index contributed by atoms with van der Waals surface area (Å²) in [6.45, 7) is 6.02. The summed E-state index contributed by atoms with van der Waals surface area (Å²) in [6, 6.07) is 11.7. The maximum absolute atomic E-state index is 12.6. The SMILES string of the molecule is CCC(NC(=O)Cc1c(C)nn(-c2ccc(Cl)cc2)c1C)c1cccs1. The molecule has 0 aliphatic heterocycles. The highest BCUT2D eigenvalue weighted by molar-refractivity contribution is 7.10. The second-order valence-corrected chi connectivity index (χ2v) is 7.67. The highest BCUT2D eigenvalue weighted by Crippen LogP contribution is 2.23. The lowest BCUT2D eigenvalue weighted by molar-refractivity contribution is -0.121. The van der Waals surface area contributed by atoms with Gasteiger partial charge in [0.15, 0.2) is 0 Å². The first-order valence-electron chi connectivity index (χ1n) is 8.63. The summed E-state index contributed by atoms with van der Waals surface area (Å²) in [5, 5.41) is 10.5. The number of carbonyl (C=O) groups excluding carboxylic acids is 1. The molecule has 136 valence electrons. The van der Waals surface area contributed by atoms with Gasteiger partial charge >= 0.3 is 0 Å². The van der Waals surface area contributed by atoms with Gasteiger partial charge in [0.2, 0.25) is 5.91 Å². The number of nitrogens with zero attached hydrogens (tertiary/aromatic N) is 2. The number of hydrogen-bond donors (Lipinski definition) is 1. The van der Waals surface area contributed by atoms with Crippen LogP contribution >= 0.6 is 22.9 Å². The third kappa shape index (κ3) is 4.00. The topological polar surface area (TPSA) is 46.9 Å². The summed E-state index contributed by atoms with van der Waals surface area (Å²) in [5.74, 6) is 0.0205. The lowest BCUT2D eigenvalue weighted by Crippen LogP contribution is -2.29. The Balaban J connectivity index is 1.77. The number of carbonyl (C=O) groups is 1. The number of hydrogen-bond acceptors (Lipinski definition) is 3. The maximum atomic E-state index is 12.6. The third-order valence-electron chi connectivity index (χ3n) is 4.48. The number of nitrogens with one attached hydrogen (secondary N) is 1. The first kappa shape index (κ1) is 18.7. The Morgan fingerprint density at radius 2 is 2.00 bits per heavy atom. The standard InChI is InChI=1S/C20H22ClN3OS/c1-4-18(19-6-5-11-26-19)22-20(25)12-17-13(2)23-24(14(17)3)16-9-7-15(21)8-10-16/h5-11,18H,4,12H2,1-3H3,(H,22,25). The normalized spacial score (nSPS) is 12.2. The highest BCUT2D eigenvalue weighted by Gasteiger charge is 2.19. The molecule has 0 fully saturated rings. The van der Waals surface area contributed by atoms with E-state index in [2.05, 4.69) is 23.4 Å². The van der Waals surface area contributed by atoms with E-state index in [4.69, 9.17) is 11.6 Å². The van der Waals surface area contributed by atoms with Crippen LogP contribution in [0.2, 0.25) is 5.02 Å². The molecule has 3 rings (SSSR count). The van der Waals surface area contributed by atoms with Crippen molar-refractivity contribution >= 4 is 28.8 Å². The molecular formula is C20H22ClN3OS. The number of thiophene rings is 1. The zero-order valence-electron chi connectivity index (χ0n) is 15.1. The van der Waals surface area contributed by atoms with Gasteiger partial charge in [-0.05, 0) is 56.0 Å². The predicted molar refractivity (Wildman–Crippen MR) is 107 cm³/mol. The molecule has 1 amide bonds. The van der Waals surface area contributed by atoms with E-state index in [1.54, 1.807) is 11.3 Å². The molecule has 1 unspecified atom stereocenters. The molecule has 0 aliphatic carbocycles. The zero-order chi connectivity index (χ0) is 18.7. The molecule has 2 aromatic heterocycles. The Labute approximate surface area is 162 Å². The molecular weight excluding hydrogens is 366 g/mol. The van der Waals surface area contributed by atoms with Crippen LogP contribution in [0.1, 0.15) is 41.2 Å². The van der Waals surface area contributed by atoms with E-state index in [0.717, 1.165) is 29.1 Å². The lowest BCUT2D eigenvalue weighted by Gasteiger charge is -2.15. The third-order valence-corrected chi connectivity index (χ3v) is 5.72. The Morgan fingerprint density at radius 1 is 1.27 bits per heavy atom. The molecule has 0 saturated carbocycles. The van der Waals surface area contributed by atoms with Crippen molar-refractivity contribution in [3.05, 3.63) is 68.6 Å². The fourth-order valence-corrected chi connectivity index (χ4v) is 4.02. The summed E-state index contributed by atoms with van der Waals surface area (Å²) >= 11 is 7.64. The van der Waals surface area contributed by atoms with Gasteiger partial charge in [-0.15, -0.1) is 11.3 Å². The van der Waals surface area contributed by atoms with Crippen LogP contribution in [-0.4, -0.2) is 15.7 Å². The smallest absolute Gasteiger partial charge is 0.225 e. The Hall–Kier alpha value is -2.11. The Kier molecular flexibility index (Phi) is 5.79. The van der Waals surface area contributed by atoms with Crippen molar-refractivity contribution in [1.82, 2.24) is 15.1 Å². The molecule has 1 aromatic carbocycles. The first-order valence-corrected chi connectivity index (χ1v) is 9.89. The number of halogens is 1. The number of aryl methyl sites for hydroxylation is 1. The molecule has 4 nitrogen and oxygen atoms in total. The maximum Gasteiger partial charge on any atom is 0.225 e. The molecule has 2 heterocycles. The summed E-state index contributed by atoms with van der Waals surface area (Å²) in [5.41, 5.74) is 3.76. The molecule has 0 radical (unpaired) electrons. The van der Waals surface area contributed by atoms with E-state index in [1.165, 1.54) is 4.88 Å². The fraction of sp³-hybridized carbons (Fsp3) is 0.300. The van der Waals surface area contributed by atoms with E-state index in [0.29, 0.717) is 11.4 Å². The van der Waals surface area contributed by atoms with Crippen molar-refractivity contribution in [2.24, 2.45) is 0 Å². The van der Waals surface area contributed by atoms with Gasteiger partial charge in [-0.2, -0.15) is 5.10 Å². The molecule has 0 bridgehead atoms. The first-order chi connectivity index (χ1) is 12.5. The minimum Gasteiger partial charge on any atom is -0.348 e. The number of rotatable bonds is 6. The van der Waals surface area contributed by atoms with Gasteiger partial charge in [0.25, 0.3) is 0 Å². The molecule has 0 spiro atoms. The fourth-order valence-electron chi connectivity index (χ4n) is 3.03. The lowest BCUT2D eigenvalue weighted by atomic mass is 10.1. The van der Waals surface area contributed by atoms with Crippen molar-refractivity contribution in [2.45, 2.75) is 39.7 Å². The summed E-state index contributed by atoms with van der Waals surface area (Å²) in [4.78, 5) is 13.8. The van der Waals surface area contributed by atoms with Crippen LogP contribution in [0.15, 0.2) is 41.8 Å². The summed E-state index contributed by atoms with van der Waals surface area (Å²) in [6.07, 6.45) is 1.20. The van der Waals surface area contributed by atoms with Crippen molar-refractivity contribution in [3.63, 3.8) is 0 Å². The highest BCUT2D eigenvalue weighted by atomic mass is 35.5. The molecule has 26 heavy (non-hydrogen) atoms. The quantitative estimate of drug-likeness (QED) is 0.645. The average molecular weight is 388 g/mol. The Morgan fingerprint density at radius 3 is 2.62 bits per heavy atom. The van der Waals surface area contributed by atoms with Crippen LogP contribution in [-0.2, 0) is 11.2 Å². The Bertz CT molecular complexity index is 885. The van der Waals surface area contributed by atoms with E-state index < -0.39 is 0 Å². The number of aromatic nitrogens is 2. The van der Waals surface area contributed by atoms with Crippen molar-refractivity contribution in [2.75, 3.05) is 0 Å². The van der Waals surface area contributed by atoms with Crippen LogP contribution in [0.5, 0.6) is 0 Å². The van der Waals surface area contributed by atoms with Crippen molar-refractivity contribution in [1.29, 1.82) is 0 Å². The van der Waals surface area contributed by atoms with Gasteiger partial charge in [0, 0.05) is 21.2 Å². The van der Waals surface area contributed by atoms with E-state index in [9.17, 15) is 4.79 Å². The minimum absolute atomic E-state index is 0.0205. The van der Waals surface area contributed by atoms with Crippen LogP contribution in [0.25, 0.3) is 5.69 Å². The van der Waals surface area contributed by atoms with Gasteiger partial charge in [-0.1, -0.05) is 24.6 Å². The average Bonchev–Trinajstić information content (AvgIpc) is 3.25. The van der Waals surface area contributed by atoms with Gasteiger partial charge in [-0.25, -0.2) is 4.68 Å². The molecule has 6 heteroatoms. The minimum atomic E-state index is 0.0205. The summed E-state index contributed by atoms with van der Waals surface area (Å²) < 4.78 is 1.87. The molecule has 0 saturated heterocycles. The number of amides is 1. The van der Waals surface area contributed by atoms with Crippen LogP contribution in [0, 0.1) is 13.8 Å². The molecule has 1 atom stereocenters. The van der Waals surface area contributed by atoms with Crippen molar-refractivity contribution < 1.29 is 4.79 Å². The monoisotopic (exact) mass is 387 g/mol. The predicted octanol–water partition coefficient (Wildman–Crippen LogP) is 5.01. The molecule has 0 aliphatic rings. The van der Waals surface area contributed by atoms with E-state index in [-0.39, 0.29) is 11.9 Å². The van der Waals surface area contributed by atoms with Crippen LogP contribution < -0.4 is 5.32 Å². The van der Waals surface area contributed by atoms with E-state index >= 15 is 0 Å². The van der Waals surface area contributed by atoms with Gasteiger partial charge in [0.1, 0.15) is 0 Å². The number of benzene rings is 1. The van der Waals surface area contributed by atoms with Gasteiger partial charge in [-0.3, -0.25) is 4.79 Å². The molecule has 1 N–H and O–H groups in total. The van der Waals surface area contributed by atoms with Crippen molar-refractivity contribution in [3.8, 4) is 5.69 Å².